The van der Waals surface area contributed by atoms with Crippen molar-refractivity contribution in [3.63, 3.8) is 0 Å². The molecule has 0 unspecified atom stereocenters. The van der Waals surface area contributed by atoms with E-state index in [-0.39, 0.29) is 17.7 Å². The van der Waals surface area contributed by atoms with Gasteiger partial charge in [-0.2, -0.15) is 10.2 Å². The summed E-state index contributed by atoms with van der Waals surface area (Å²) in [7, 11) is 1.86. The number of carbonyl (C=O) groups excluding carboxylic acids is 2. The fourth-order valence-electron chi connectivity index (χ4n) is 5.10. The zero-order chi connectivity index (χ0) is 25.2. The van der Waals surface area contributed by atoms with Crippen LogP contribution in [0.1, 0.15) is 26.7 Å². The van der Waals surface area contributed by atoms with Crippen molar-refractivity contribution in [3.8, 4) is 22.4 Å². The largest absolute Gasteiger partial charge is 0.382 e. The molecule has 10 heteroatoms. The summed E-state index contributed by atoms with van der Waals surface area (Å²) in [6, 6.07) is 9.85. The Morgan fingerprint density at radius 2 is 1.92 bits per heavy atom. The number of aryl methyl sites for hydroxylation is 1. The van der Waals surface area contributed by atoms with Gasteiger partial charge in [0.15, 0.2) is 5.82 Å². The lowest BCUT2D eigenvalue weighted by molar-refractivity contribution is -0.148. The molecule has 4 heterocycles. The molecule has 1 aliphatic carbocycles. The zero-order valence-corrected chi connectivity index (χ0v) is 20.5. The Kier molecular flexibility index (Phi) is 4.89. The lowest BCUT2D eigenvalue weighted by Gasteiger charge is -2.46. The topological polar surface area (TPSA) is 115 Å². The highest BCUT2D eigenvalue weighted by Crippen LogP contribution is 2.38. The van der Waals surface area contributed by atoms with Crippen LogP contribution in [-0.4, -0.2) is 59.7 Å². The number of fused-ring (bicyclic) bond motifs is 1. The van der Waals surface area contributed by atoms with Gasteiger partial charge in [0.05, 0.1) is 11.9 Å². The smallest absolute Gasteiger partial charge is 0.252 e. The molecule has 1 aliphatic heterocycles. The van der Waals surface area contributed by atoms with E-state index < -0.39 is 5.54 Å². The van der Waals surface area contributed by atoms with E-state index in [1.165, 1.54) is 6.33 Å². The van der Waals surface area contributed by atoms with Crippen molar-refractivity contribution in [3.05, 3.63) is 49.1 Å². The Morgan fingerprint density at radius 1 is 1.11 bits per heavy atom. The van der Waals surface area contributed by atoms with Crippen LogP contribution in [0.25, 0.3) is 27.9 Å². The van der Waals surface area contributed by atoms with Gasteiger partial charge in [-0.15, -0.1) is 0 Å². The molecular formula is C26H28N8O2. The number of hydrogen-bond donors (Lipinski definition) is 1. The van der Waals surface area contributed by atoms with Gasteiger partial charge in [0.1, 0.15) is 17.4 Å². The van der Waals surface area contributed by atoms with Crippen LogP contribution >= 0.6 is 0 Å². The lowest BCUT2D eigenvalue weighted by Crippen LogP contribution is -2.65. The Balaban J connectivity index is 1.39. The van der Waals surface area contributed by atoms with E-state index in [0.29, 0.717) is 24.4 Å². The standard InChI is InChI=1S/C26H28N8O2/c1-26(2)25(36)32(9-10-33(26)24(35)16-7-8-16)19-6-4-5-17(11-19)21-12-20(18-13-29-31(3)14-18)22-23(27)28-15-30-34(21)22/h4-6,11-16H,7-10H2,1-3H3,(H2,27,28,30). The fourth-order valence-corrected chi connectivity index (χ4v) is 5.10. The molecule has 2 amide bonds. The predicted octanol–water partition coefficient (Wildman–Crippen LogP) is 2.74. The first-order valence-electron chi connectivity index (χ1n) is 12.1. The normalized spacial score (nSPS) is 17.7. The monoisotopic (exact) mass is 484 g/mol. The first kappa shape index (κ1) is 22.3. The van der Waals surface area contributed by atoms with Crippen molar-refractivity contribution in [1.82, 2.24) is 29.3 Å². The van der Waals surface area contributed by atoms with Gasteiger partial charge in [-0.1, -0.05) is 12.1 Å². The molecule has 1 aromatic carbocycles. The first-order chi connectivity index (χ1) is 17.3. The van der Waals surface area contributed by atoms with Crippen molar-refractivity contribution < 1.29 is 9.59 Å². The molecule has 0 spiro atoms. The number of aromatic nitrogens is 5. The van der Waals surface area contributed by atoms with Gasteiger partial charge in [-0.05, 0) is 44.9 Å². The van der Waals surface area contributed by atoms with Crippen molar-refractivity contribution in [2.24, 2.45) is 13.0 Å². The molecule has 2 aliphatic rings. The molecule has 10 nitrogen and oxygen atoms in total. The minimum Gasteiger partial charge on any atom is -0.382 e. The average Bonchev–Trinajstić information content (AvgIpc) is 3.50. The summed E-state index contributed by atoms with van der Waals surface area (Å²) < 4.78 is 3.52. The maximum absolute atomic E-state index is 13.6. The molecule has 6 rings (SSSR count). The van der Waals surface area contributed by atoms with E-state index in [0.717, 1.165) is 40.9 Å². The maximum Gasteiger partial charge on any atom is 0.252 e. The van der Waals surface area contributed by atoms with Crippen LogP contribution in [0.15, 0.2) is 49.1 Å². The predicted molar refractivity (Wildman–Crippen MR) is 136 cm³/mol. The third-order valence-electron chi connectivity index (χ3n) is 7.24. The number of piperazine rings is 1. The lowest BCUT2D eigenvalue weighted by atomic mass is 9.95. The Morgan fingerprint density at radius 3 is 2.64 bits per heavy atom. The van der Waals surface area contributed by atoms with Crippen LogP contribution in [0.2, 0.25) is 0 Å². The molecule has 2 fully saturated rings. The van der Waals surface area contributed by atoms with Crippen LogP contribution in [0.3, 0.4) is 0 Å². The summed E-state index contributed by atoms with van der Waals surface area (Å²) in [4.78, 5) is 34.1. The van der Waals surface area contributed by atoms with E-state index in [1.807, 2.05) is 57.4 Å². The molecule has 0 atom stereocenters. The molecule has 0 bridgehead atoms. The van der Waals surface area contributed by atoms with Crippen LogP contribution in [-0.2, 0) is 16.6 Å². The molecular weight excluding hydrogens is 456 g/mol. The Labute approximate surface area is 208 Å². The number of nitrogens with zero attached hydrogens (tertiary/aromatic N) is 7. The molecule has 36 heavy (non-hydrogen) atoms. The van der Waals surface area contributed by atoms with Crippen molar-refractivity contribution >= 4 is 28.8 Å². The summed E-state index contributed by atoms with van der Waals surface area (Å²) in [5, 5.41) is 8.77. The van der Waals surface area contributed by atoms with Gasteiger partial charge in [0, 0.05) is 54.6 Å². The van der Waals surface area contributed by atoms with Gasteiger partial charge in [0.25, 0.3) is 5.91 Å². The molecule has 4 aromatic rings. The highest BCUT2D eigenvalue weighted by Gasteiger charge is 2.47. The number of amides is 2. The minimum absolute atomic E-state index is 0.0810. The van der Waals surface area contributed by atoms with Crippen molar-refractivity contribution in [1.29, 1.82) is 0 Å². The number of nitrogens with two attached hydrogens (primary N) is 1. The highest BCUT2D eigenvalue weighted by molar-refractivity contribution is 6.04. The molecule has 1 saturated carbocycles. The Hall–Kier alpha value is -4.21. The van der Waals surface area contributed by atoms with Gasteiger partial charge >= 0.3 is 0 Å². The summed E-state index contributed by atoms with van der Waals surface area (Å²) in [6.45, 7) is 4.65. The Bertz CT molecular complexity index is 1510. The van der Waals surface area contributed by atoms with E-state index in [1.54, 1.807) is 25.2 Å². The van der Waals surface area contributed by atoms with Crippen LogP contribution in [0.5, 0.6) is 0 Å². The van der Waals surface area contributed by atoms with Crippen LogP contribution in [0.4, 0.5) is 11.5 Å². The van der Waals surface area contributed by atoms with Gasteiger partial charge in [-0.25, -0.2) is 9.50 Å². The number of hydrogen-bond acceptors (Lipinski definition) is 6. The van der Waals surface area contributed by atoms with Crippen LogP contribution in [0, 0.1) is 5.92 Å². The minimum atomic E-state index is -0.898. The van der Waals surface area contributed by atoms with E-state index >= 15 is 0 Å². The van der Waals surface area contributed by atoms with E-state index in [4.69, 9.17) is 5.73 Å². The highest BCUT2D eigenvalue weighted by atomic mass is 16.2. The SMILES string of the molecule is Cn1cc(-c2cc(-c3cccc(N4CCN(C(=O)C5CC5)C(C)(C)C4=O)c3)n3ncnc(N)c23)cn1. The van der Waals surface area contributed by atoms with Crippen molar-refractivity contribution in [2.45, 2.75) is 32.2 Å². The van der Waals surface area contributed by atoms with Gasteiger partial charge in [-0.3, -0.25) is 14.3 Å². The number of benzene rings is 1. The third-order valence-corrected chi connectivity index (χ3v) is 7.24. The number of nitrogen functional groups attached to an aromatic ring is 1. The quantitative estimate of drug-likeness (QED) is 0.476. The van der Waals surface area contributed by atoms with E-state index in [2.05, 4.69) is 15.2 Å². The maximum atomic E-state index is 13.6. The molecule has 2 N–H and O–H groups in total. The average molecular weight is 485 g/mol. The molecule has 1 saturated heterocycles. The summed E-state index contributed by atoms with van der Waals surface area (Å²) in [5.74, 6) is 0.474. The number of carbonyl (C=O) groups is 2. The number of anilines is 2. The zero-order valence-electron chi connectivity index (χ0n) is 20.5. The number of rotatable bonds is 4. The first-order valence-corrected chi connectivity index (χ1v) is 12.1. The van der Waals surface area contributed by atoms with E-state index in [9.17, 15) is 9.59 Å². The third kappa shape index (κ3) is 3.43. The van der Waals surface area contributed by atoms with Gasteiger partial charge < -0.3 is 15.5 Å². The van der Waals surface area contributed by atoms with Crippen molar-refractivity contribution in [2.75, 3.05) is 23.7 Å². The second kappa shape index (κ2) is 7.91. The fraction of sp³-hybridized carbons (Fsp3) is 0.346. The molecule has 0 radical (unpaired) electrons. The summed E-state index contributed by atoms with van der Waals surface area (Å²) in [6.07, 6.45) is 6.98. The second-order valence-corrected chi connectivity index (χ2v) is 10.1. The second-order valence-electron chi connectivity index (χ2n) is 10.1. The molecule has 184 valence electrons. The summed E-state index contributed by atoms with van der Waals surface area (Å²) in [5.41, 5.74) is 10.4. The summed E-state index contributed by atoms with van der Waals surface area (Å²) >= 11 is 0. The van der Waals surface area contributed by atoms with Gasteiger partial charge in [0.2, 0.25) is 5.91 Å². The molecule has 3 aromatic heterocycles. The van der Waals surface area contributed by atoms with Crippen LogP contribution < -0.4 is 10.6 Å².